The molecule has 4 rings (SSSR count). The molecule has 0 aliphatic carbocycles. The molecule has 1 unspecified atom stereocenters. The van der Waals surface area contributed by atoms with E-state index in [1.54, 1.807) is 12.1 Å². The molecule has 2 aromatic rings. The number of anilines is 2. The summed E-state index contributed by atoms with van der Waals surface area (Å²) in [5, 5.41) is 0. The molecule has 2 bridgehead atoms. The summed E-state index contributed by atoms with van der Waals surface area (Å²) in [6, 6.07) is 12.5. The van der Waals surface area contributed by atoms with Crippen LogP contribution < -0.4 is 9.21 Å². The minimum atomic E-state index is -3.92. The summed E-state index contributed by atoms with van der Waals surface area (Å²) in [4.78, 5) is 2.44. The standard InChI is InChI=1S/C24H33N3O4S2/c1-5-18-6-8-19(9-7-18)27(14-17(2)3)33(29,30)22-10-11-23(24(13-22)32(4,25)28)26-15-21-12-20(26)16-31-21/h6-11,13,17,20-21,25H,5,12,14-16H2,1-4H3/t20-,21-,32?/m1/s1. The van der Waals surface area contributed by atoms with Gasteiger partial charge in [0.1, 0.15) is 0 Å². The summed E-state index contributed by atoms with van der Waals surface area (Å²) in [6.45, 7) is 7.60. The number of hydrogen-bond donors (Lipinski definition) is 1. The van der Waals surface area contributed by atoms with Gasteiger partial charge in [-0.3, -0.25) is 4.31 Å². The molecule has 0 spiro atoms. The zero-order valence-electron chi connectivity index (χ0n) is 19.7. The number of benzene rings is 2. The van der Waals surface area contributed by atoms with Crippen LogP contribution in [0.3, 0.4) is 0 Å². The van der Waals surface area contributed by atoms with Crippen LogP contribution in [0.15, 0.2) is 52.3 Å². The molecule has 2 aromatic carbocycles. The van der Waals surface area contributed by atoms with Gasteiger partial charge in [-0.2, -0.15) is 0 Å². The Bertz CT molecular complexity index is 1220. The molecule has 7 nitrogen and oxygen atoms in total. The highest BCUT2D eigenvalue weighted by Gasteiger charge is 2.40. The van der Waals surface area contributed by atoms with Crippen molar-refractivity contribution in [2.24, 2.45) is 5.92 Å². The minimum absolute atomic E-state index is 0.0592. The fourth-order valence-electron chi connectivity index (χ4n) is 4.60. The summed E-state index contributed by atoms with van der Waals surface area (Å²) in [7, 11) is -7.08. The number of morpholine rings is 1. The fraction of sp³-hybridized carbons (Fsp3) is 0.500. The summed E-state index contributed by atoms with van der Waals surface area (Å²) >= 11 is 0. The number of hydrogen-bond acceptors (Lipinski definition) is 6. The Balaban J connectivity index is 1.78. The second kappa shape index (κ2) is 8.92. The van der Waals surface area contributed by atoms with Gasteiger partial charge in [0, 0.05) is 19.3 Å². The lowest BCUT2D eigenvalue weighted by Crippen LogP contribution is -2.38. The van der Waals surface area contributed by atoms with Gasteiger partial charge in [0.15, 0.2) is 0 Å². The monoisotopic (exact) mass is 491 g/mol. The van der Waals surface area contributed by atoms with Gasteiger partial charge in [0.2, 0.25) is 0 Å². The normalized spacial score (nSPS) is 22.0. The van der Waals surface area contributed by atoms with E-state index >= 15 is 0 Å². The molecule has 2 saturated heterocycles. The molecule has 3 atom stereocenters. The lowest BCUT2D eigenvalue weighted by molar-refractivity contribution is 0.0990. The molecule has 2 aliphatic rings. The van der Waals surface area contributed by atoms with Crippen molar-refractivity contribution in [3.8, 4) is 0 Å². The number of rotatable bonds is 8. The average molecular weight is 492 g/mol. The Hall–Kier alpha value is -2.10. The molecule has 2 heterocycles. The maximum atomic E-state index is 13.8. The van der Waals surface area contributed by atoms with Crippen molar-refractivity contribution in [3.63, 3.8) is 0 Å². The number of ether oxygens (including phenoxy) is 1. The van der Waals surface area contributed by atoms with E-state index in [-0.39, 0.29) is 27.9 Å². The fourth-order valence-corrected chi connectivity index (χ4v) is 7.26. The van der Waals surface area contributed by atoms with E-state index in [0.29, 0.717) is 31.1 Å². The number of sulfonamides is 1. The SMILES string of the molecule is CCc1ccc(N(CC(C)C)S(=O)(=O)c2ccc(N3C[C@H]4C[C@@H]3CO4)c(S(C)(=N)=O)c2)cc1. The number of nitrogens with zero attached hydrogens (tertiary/aromatic N) is 2. The van der Waals surface area contributed by atoms with Crippen LogP contribution in [0.5, 0.6) is 0 Å². The lowest BCUT2D eigenvalue weighted by Gasteiger charge is -2.31. The molecule has 0 saturated carbocycles. The van der Waals surface area contributed by atoms with Gasteiger partial charge < -0.3 is 9.64 Å². The molecule has 2 aliphatic heterocycles. The Morgan fingerprint density at radius 2 is 1.85 bits per heavy atom. The molecular formula is C24H33N3O4S2. The zero-order chi connectivity index (χ0) is 24.0. The first-order valence-electron chi connectivity index (χ1n) is 11.4. The maximum absolute atomic E-state index is 13.8. The largest absolute Gasteiger partial charge is 0.374 e. The molecule has 1 N–H and O–H groups in total. The van der Waals surface area contributed by atoms with Gasteiger partial charge in [0.05, 0.1) is 49.6 Å². The second-order valence-electron chi connectivity index (χ2n) is 9.42. The summed E-state index contributed by atoms with van der Waals surface area (Å²) in [5.41, 5.74) is 2.41. The van der Waals surface area contributed by atoms with Crippen LogP contribution in [0.25, 0.3) is 0 Å². The van der Waals surface area contributed by atoms with Crippen LogP contribution in [-0.4, -0.2) is 50.7 Å². The topological polar surface area (TPSA) is 90.8 Å². The first-order chi connectivity index (χ1) is 15.5. The van der Waals surface area contributed by atoms with Crippen LogP contribution in [-0.2, 0) is 30.9 Å². The van der Waals surface area contributed by atoms with Crippen molar-refractivity contribution in [1.29, 1.82) is 4.78 Å². The third-order valence-electron chi connectivity index (χ3n) is 6.31. The second-order valence-corrected chi connectivity index (χ2v) is 13.4. The van der Waals surface area contributed by atoms with Gasteiger partial charge in [-0.25, -0.2) is 17.4 Å². The Morgan fingerprint density at radius 1 is 1.15 bits per heavy atom. The van der Waals surface area contributed by atoms with Gasteiger partial charge in [-0.15, -0.1) is 0 Å². The van der Waals surface area contributed by atoms with E-state index < -0.39 is 19.8 Å². The Labute approximate surface area is 197 Å². The lowest BCUT2D eigenvalue weighted by atomic mass is 10.1. The summed E-state index contributed by atoms with van der Waals surface area (Å²) in [5.74, 6) is 0.107. The van der Waals surface area contributed by atoms with Crippen molar-refractivity contribution in [2.45, 2.75) is 55.5 Å². The van der Waals surface area contributed by atoms with E-state index in [2.05, 4.69) is 11.8 Å². The number of fused-ring (bicyclic) bond motifs is 2. The van der Waals surface area contributed by atoms with Crippen molar-refractivity contribution in [2.75, 3.05) is 35.2 Å². The van der Waals surface area contributed by atoms with Crippen LogP contribution in [0.2, 0.25) is 0 Å². The van der Waals surface area contributed by atoms with Crippen LogP contribution in [0, 0.1) is 10.7 Å². The molecule has 9 heteroatoms. The van der Waals surface area contributed by atoms with Crippen LogP contribution in [0.1, 0.15) is 32.8 Å². The smallest absolute Gasteiger partial charge is 0.264 e. The van der Waals surface area contributed by atoms with Crippen molar-refractivity contribution in [1.82, 2.24) is 0 Å². The third-order valence-corrected chi connectivity index (χ3v) is 9.27. The van der Waals surface area contributed by atoms with E-state index in [1.807, 2.05) is 38.1 Å². The molecule has 0 amide bonds. The van der Waals surface area contributed by atoms with Gasteiger partial charge >= 0.3 is 0 Å². The number of nitrogens with one attached hydrogen (secondary N) is 1. The quantitative estimate of drug-likeness (QED) is 0.600. The zero-order valence-corrected chi connectivity index (χ0v) is 21.3. The maximum Gasteiger partial charge on any atom is 0.264 e. The third kappa shape index (κ3) is 4.76. The van der Waals surface area contributed by atoms with Gasteiger partial charge in [0.25, 0.3) is 10.0 Å². The minimum Gasteiger partial charge on any atom is -0.374 e. The van der Waals surface area contributed by atoms with Crippen molar-refractivity contribution in [3.05, 3.63) is 48.0 Å². The molecule has 180 valence electrons. The highest BCUT2D eigenvalue weighted by atomic mass is 32.2. The molecular weight excluding hydrogens is 458 g/mol. The van der Waals surface area contributed by atoms with Crippen LogP contribution >= 0.6 is 0 Å². The highest BCUT2D eigenvalue weighted by Crippen LogP contribution is 2.38. The average Bonchev–Trinajstić information content (AvgIpc) is 3.40. The van der Waals surface area contributed by atoms with Crippen molar-refractivity contribution < 1.29 is 17.4 Å². The molecule has 33 heavy (non-hydrogen) atoms. The van der Waals surface area contributed by atoms with E-state index in [9.17, 15) is 12.6 Å². The van der Waals surface area contributed by atoms with E-state index in [0.717, 1.165) is 18.4 Å². The van der Waals surface area contributed by atoms with E-state index in [1.165, 1.54) is 16.6 Å². The first kappa shape index (κ1) is 24.0. The van der Waals surface area contributed by atoms with Gasteiger partial charge in [-0.1, -0.05) is 32.9 Å². The van der Waals surface area contributed by atoms with E-state index in [4.69, 9.17) is 9.52 Å². The predicted octanol–water partition coefficient (Wildman–Crippen LogP) is 4.11. The molecule has 0 radical (unpaired) electrons. The highest BCUT2D eigenvalue weighted by molar-refractivity contribution is 7.93. The summed E-state index contributed by atoms with van der Waals surface area (Å²) in [6.07, 6.45) is 3.26. The molecule has 0 aromatic heterocycles. The first-order valence-corrected chi connectivity index (χ1v) is 14.8. The van der Waals surface area contributed by atoms with Gasteiger partial charge in [-0.05, 0) is 54.7 Å². The van der Waals surface area contributed by atoms with Crippen molar-refractivity contribution >= 4 is 31.1 Å². The predicted molar refractivity (Wildman–Crippen MR) is 132 cm³/mol. The Morgan fingerprint density at radius 3 is 2.36 bits per heavy atom. The van der Waals surface area contributed by atoms with Crippen LogP contribution in [0.4, 0.5) is 11.4 Å². The molecule has 2 fully saturated rings. The number of aryl methyl sites for hydroxylation is 1. The Kier molecular flexibility index (Phi) is 6.50. The summed E-state index contributed by atoms with van der Waals surface area (Å²) < 4.78 is 55.9.